The summed E-state index contributed by atoms with van der Waals surface area (Å²) >= 11 is 0. The van der Waals surface area contributed by atoms with E-state index >= 15 is 0 Å². The first kappa shape index (κ1) is 12.9. The maximum Gasteiger partial charge on any atom is 0.157 e. The van der Waals surface area contributed by atoms with Crippen LogP contribution in [-0.2, 0) is 4.74 Å². The van der Waals surface area contributed by atoms with Gasteiger partial charge in [0, 0.05) is 6.42 Å². The standard InChI is InChI=1S/C12H24O3/c1-2-3-4-5-6-7-11-8-10(13)9-12(14)15-11/h10-14H,2-9H2,1H3. The molecule has 3 heteroatoms. The quantitative estimate of drug-likeness (QED) is 0.669. The predicted molar refractivity (Wildman–Crippen MR) is 59.5 cm³/mol. The molecule has 15 heavy (non-hydrogen) atoms. The van der Waals surface area contributed by atoms with Crippen molar-refractivity contribution in [1.82, 2.24) is 0 Å². The van der Waals surface area contributed by atoms with Crippen molar-refractivity contribution in [3.63, 3.8) is 0 Å². The van der Waals surface area contributed by atoms with Crippen LogP contribution in [0.4, 0.5) is 0 Å². The Morgan fingerprint density at radius 3 is 2.47 bits per heavy atom. The summed E-state index contributed by atoms with van der Waals surface area (Å²) in [5.74, 6) is 0. The Labute approximate surface area is 92.4 Å². The highest BCUT2D eigenvalue weighted by Crippen LogP contribution is 2.22. The van der Waals surface area contributed by atoms with Gasteiger partial charge in [-0.2, -0.15) is 0 Å². The lowest BCUT2D eigenvalue weighted by Gasteiger charge is -2.30. The third-order valence-corrected chi connectivity index (χ3v) is 2.99. The lowest BCUT2D eigenvalue weighted by Crippen LogP contribution is -2.35. The van der Waals surface area contributed by atoms with Gasteiger partial charge in [-0.15, -0.1) is 0 Å². The van der Waals surface area contributed by atoms with Gasteiger partial charge < -0.3 is 14.9 Å². The monoisotopic (exact) mass is 216 g/mol. The zero-order valence-electron chi connectivity index (χ0n) is 9.69. The lowest BCUT2D eigenvalue weighted by molar-refractivity contribution is -0.190. The summed E-state index contributed by atoms with van der Waals surface area (Å²) in [6.45, 7) is 2.21. The van der Waals surface area contributed by atoms with E-state index < -0.39 is 6.29 Å². The number of rotatable bonds is 6. The van der Waals surface area contributed by atoms with E-state index in [0.29, 0.717) is 12.8 Å². The van der Waals surface area contributed by atoms with Gasteiger partial charge in [-0.1, -0.05) is 39.0 Å². The summed E-state index contributed by atoms with van der Waals surface area (Å²) in [6.07, 6.45) is 7.18. The van der Waals surface area contributed by atoms with Gasteiger partial charge in [-0.05, 0) is 12.8 Å². The minimum Gasteiger partial charge on any atom is -0.393 e. The minimum absolute atomic E-state index is 0.0605. The molecule has 1 fully saturated rings. The average molecular weight is 216 g/mol. The number of hydrogen-bond acceptors (Lipinski definition) is 3. The van der Waals surface area contributed by atoms with E-state index in [1.54, 1.807) is 0 Å². The van der Waals surface area contributed by atoms with Crippen molar-refractivity contribution in [2.75, 3.05) is 0 Å². The van der Waals surface area contributed by atoms with Crippen LogP contribution in [0, 0.1) is 0 Å². The molecule has 1 rings (SSSR count). The number of aliphatic hydroxyl groups excluding tert-OH is 2. The molecule has 2 N–H and O–H groups in total. The molecule has 0 saturated carbocycles. The molecule has 0 spiro atoms. The first-order chi connectivity index (χ1) is 7.22. The molecule has 3 unspecified atom stereocenters. The normalized spacial score (nSPS) is 31.8. The van der Waals surface area contributed by atoms with Crippen molar-refractivity contribution in [3.05, 3.63) is 0 Å². The Bertz CT molecular complexity index is 151. The van der Waals surface area contributed by atoms with Gasteiger partial charge in [0.25, 0.3) is 0 Å². The van der Waals surface area contributed by atoms with Crippen molar-refractivity contribution in [3.8, 4) is 0 Å². The van der Waals surface area contributed by atoms with E-state index in [1.165, 1.54) is 25.7 Å². The number of aliphatic hydroxyl groups is 2. The summed E-state index contributed by atoms with van der Waals surface area (Å²) in [6, 6.07) is 0. The van der Waals surface area contributed by atoms with Crippen LogP contribution in [-0.4, -0.2) is 28.7 Å². The Balaban J connectivity index is 2.04. The zero-order chi connectivity index (χ0) is 11.1. The predicted octanol–water partition coefficient (Wildman–Crippen LogP) is 2.21. The van der Waals surface area contributed by atoms with Crippen LogP contribution in [0.1, 0.15) is 58.3 Å². The second kappa shape index (κ2) is 7.20. The van der Waals surface area contributed by atoms with Gasteiger partial charge in [0.1, 0.15) is 0 Å². The van der Waals surface area contributed by atoms with E-state index in [2.05, 4.69) is 6.92 Å². The smallest absolute Gasteiger partial charge is 0.157 e. The van der Waals surface area contributed by atoms with Gasteiger partial charge >= 0.3 is 0 Å². The van der Waals surface area contributed by atoms with Crippen LogP contribution in [0.3, 0.4) is 0 Å². The van der Waals surface area contributed by atoms with Crippen LogP contribution in [0.15, 0.2) is 0 Å². The summed E-state index contributed by atoms with van der Waals surface area (Å²) in [5.41, 5.74) is 0. The Morgan fingerprint density at radius 2 is 1.80 bits per heavy atom. The first-order valence-corrected chi connectivity index (χ1v) is 6.24. The second-order valence-corrected chi connectivity index (χ2v) is 4.54. The van der Waals surface area contributed by atoms with Gasteiger partial charge in [-0.25, -0.2) is 0 Å². The molecule has 0 aliphatic carbocycles. The summed E-state index contributed by atoms with van der Waals surface area (Å²) in [5, 5.41) is 18.8. The second-order valence-electron chi connectivity index (χ2n) is 4.54. The van der Waals surface area contributed by atoms with Crippen LogP contribution >= 0.6 is 0 Å². The fourth-order valence-corrected chi connectivity index (χ4v) is 2.13. The van der Waals surface area contributed by atoms with E-state index in [4.69, 9.17) is 4.74 Å². The highest BCUT2D eigenvalue weighted by Gasteiger charge is 2.26. The molecule has 0 radical (unpaired) electrons. The van der Waals surface area contributed by atoms with Gasteiger partial charge in [0.05, 0.1) is 12.2 Å². The molecule has 3 nitrogen and oxygen atoms in total. The van der Waals surface area contributed by atoms with Crippen molar-refractivity contribution >= 4 is 0 Å². The summed E-state index contributed by atoms with van der Waals surface area (Å²) in [7, 11) is 0. The maximum atomic E-state index is 9.45. The Kier molecular flexibility index (Phi) is 6.22. The van der Waals surface area contributed by atoms with Crippen molar-refractivity contribution < 1.29 is 14.9 Å². The first-order valence-electron chi connectivity index (χ1n) is 6.24. The Morgan fingerprint density at radius 1 is 1.07 bits per heavy atom. The van der Waals surface area contributed by atoms with Crippen LogP contribution in [0.2, 0.25) is 0 Å². The van der Waals surface area contributed by atoms with E-state index in [0.717, 1.165) is 12.8 Å². The highest BCUT2D eigenvalue weighted by molar-refractivity contribution is 4.72. The lowest BCUT2D eigenvalue weighted by atomic mass is 10.00. The molecule has 1 heterocycles. The Hall–Kier alpha value is -0.120. The third-order valence-electron chi connectivity index (χ3n) is 2.99. The maximum absolute atomic E-state index is 9.45. The van der Waals surface area contributed by atoms with Crippen LogP contribution in [0.5, 0.6) is 0 Å². The molecular formula is C12H24O3. The van der Waals surface area contributed by atoms with Crippen LogP contribution < -0.4 is 0 Å². The van der Waals surface area contributed by atoms with Crippen molar-refractivity contribution in [2.45, 2.75) is 76.8 Å². The number of ether oxygens (including phenoxy) is 1. The molecule has 0 aromatic heterocycles. The molecule has 90 valence electrons. The van der Waals surface area contributed by atoms with E-state index in [1.807, 2.05) is 0 Å². The van der Waals surface area contributed by atoms with Gasteiger partial charge in [-0.3, -0.25) is 0 Å². The third kappa shape index (κ3) is 5.50. The molecule has 0 aromatic carbocycles. The van der Waals surface area contributed by atoms with Crippen LogP contribution in [0.25, 0.3) is 0 Å². The molecule has 1 aliphatic rings. The highest BCUT2D eigenvalue weighted by atomic mass is 16.6. The zero-order valence-corrected chi connectivity index (χ0v) is 9.69. The number of hydrogen-bond donors (Lipinski definition) is 2. The fourth-order valence-electron chi connectivity index (χ4n) is 2.13. The number of unbranched alkanes of at least 4 members (excludes halogenated alkanes) is 4. The average Bonchev–Trinajstić information content (AvgIpc) is 2.16. The minimum atomic E-state index is -0.755. The topological polar surface area (TPSA) is 49.7 Å². The van der Waals surface area contributed by atoms with E-state index in [-0.39, 0.29) is 12.2 Å². The van der Waals surface area contributed by atoms with Gasteiger partial charge in [0.15, 0.2) is 6.29 Å². The molecule has 0 bridgehead atoms. The molecule has 0 aromatic rings. The fraction of sp³-hybridized carbons (Fsp3) is 1.00. The molecular weight excluding hydrogens is 192 g/mol. The molecule has 0 amide bonds. The van der Waals surface area contributed by atoms with Crippen molar-refractivity contribution in [1.29, 1.82) is 0 Å². The van der Waals surface area contributed by atoms with E-state index in [9.17, 15) is 10.2 Å². The largest absolute Gasteiger partial charge is 0.393 e. The SMILES string of the molecule is CCCCCCCC1CC(O)CC(O)O1. The van der Waals surface area contributed by atoms with Crippen molar-refractivity contribution in [2.24, 2.45) is 0 Å². The molecule has 1 aliphatic heterocycles. The van der Waals surface area contributed by atoms with Gasteiger partial charge in [0.2, 0.25) is 0 Å². The molecule has 3 atom stereocenters. The summed E-state index contributed by atoms with van der Waals surface area (Å²) < 4.78 is 5.36. The summed E-state index contributed by atoms with van der Waals surface area (Å²) in [4.78, 5) is 0. The molecule has 1 saturated heterocycles.